The molecule has 2 aromatic heterocycles. The largest absolute Gasteiger partial charge is 0.339 e. The Morgan fingerprint density at radius 3 is 3.21 bits per heavy atom. The van der Waals surface area contributed by atoms with E-state index >= 15 is 0 Å². The molecule has 0 atom stereocenters. The number of aromatic nitrogens is 3. The standard InChI is InChI=1S/C10H10N4/c11-6-10-2-1-4-14(10)5-3-9-7-12-13-8-9/h1-2,4,7-8H,3,5H2,(H,12,13). The molecule has 0 radical (unpaired) electrons. The van der Waals surface area contributed by atoms with Gasteiger partial charge in [0.15, 0.2) is 0 Å². The molecule has 1 N–H and O–H groups in total. The molecule has 0 aromatic carbocycles. The molecule has 2 aromatic rings. The highest BCUT2D eigenvalue weighted by Gasteiger charge is 1.99. The van der Waals surface area contributed by atoms with Crippen molar-refractivity contribution in [3.8, 4) is 6.07 Å². The number of hydrogen-bond acceptors (Lipinski definition) is 2. The Balaban J connectivity index is 2.02. The van der Waals surface area contributed by atoms with Gasteiger partial charge in [-0.15, -0.1) is 0 Å². The molecular weight excluding hydrogens is 176 g/mol. The third-order valence-corrected chi connectivity index (χ3v) is 2.14. The minimum Gasteiger partial charge on any atom is -0.339 e. The molecule has 0 aliphatic heterocycles. The van der Waals surface area contributed by atoms with E-state index in [4.69, 9.17) is 5.26 Å². The van der Waals surface area contributed by atoms with E-state index in [1.54, 1.807) is 6.20 Å². The van der Waals surface area contributed by atoms with Crippen molar-refractivity contribution < 1.29 is 0 Å². The van der Waals surface area contributed by atoms with Crippen LogP contribution in [-0.2, 0) is 13.0 Å². The molecule has 70 valence electrons. The minimum atomic E-state index is 0.702. The lowest BCUT2D eigenvalue weighted by Gasteiger charge is -2.01. The fourth-order valence-electron chi connectivity index (χ4n) is 1.37. The van der Waals surface area contributed by atoms with E-state index in [9.17, 15) is 0 Å². The van der Waals surface area contributed by atoms with Crippen LogP contribution in [0, 0.1) is 11.3 Å². The third-order valence-electron chi connectivity index (χ3n) is 2.14. The quantitative estimate of drug-likeness (QED) is 0.786. The summed E-state index contributed by atoms with van der Waals surface area (Å²) in [6, 6.07) is 5.84. The molecule has 2 rings (SSSR count). The summed E-state index contributed by atoms with van der Waals surface area (Å²) in [7, 11) is 0. The third kappa shape index (κ3) is 1.67. The average molecular weight is 186 g/mol. The molecule has 2 heterocycles. The maximum absolute atomic E-state index is 8.78. The number of rotatable bonds is 3. The molecule has 0 saturated heterocycles. The van der Waals surface area contributed by atoms with E-state index in [1.165, 1.54) is 0 Å². The fraction of sp³-hybridized carbons (Fsp3) is 0.200. The monoisotopic (exact) mass is 186 g/mol. The number of aryl methyl sites for hydroxylation is 2. The zero-order valence-corrected chi connectivity index (χ0v) is 7.64. The molecule has 0 saturated carbocycles. The van der Waals surface area contributed by atoms with E-state index in [2.05, 4.69) is 16.3 Å². The van der Waals surface area contributed by atoms with Crippen LogP contribution in [0.5, 0.6) is 0 Å². The second-order valence-electron chi connectivity index (χ2n) is 3.06. The van der Waals surface area contributed by atoms with Crippen LogP contribution < -0.4 is 0 Å². The lowest BCUT2D eigenvalue weighted by Crippen LogP contribution is -2.01. The van der Waals surface area contributed by atoms with E-state index in [0.717, 1.165) is 18.5 Å². The first-order valence-electron chi connectivity index (χ1n) is 4.43. The van der Waals surface area contributed by atoms with E-state index in [-0.39, 0.29) is 0 Å². The van der Waals surface area contributed by atoms with Gasteiger partial charge in [0.1, 0.15) is 11.8 Å². The van der Waals surface area contributed by atoms with Crippen LogP contribution in [-0.4, -0.2) is 14.8 Å². The molecule has 0 spiro atoms. The molecule has 0 amide bonds. The Morgan fingerprint density at radius 1 is 1.57 bits per heavy atom. The highest BCUT2D eigenvalue weighted by molar-refractivity contribution is 5.22. The van der Waals surface area contributed by atoms with Gasteiger partial charge in [-0.3, -0.25) is 5.10 Å². The van der Waals surface area contributed by atoms with Crippen molar-refractivity contribution in [2.45, 2.75) is 13.0 Å². The summed E-state index contributed by atoms with van der Waals surface area (Å²) in [5, 5.41) is 15.4. The van der Waals surface area contributed by atoms with Crippen LogP contribution in [0.3, 0.4) is 0 Å². The van der Waals surface area contributed by atoms with Crippen molar-refractivity contribution in [1.29, 1.82) is 5.26 Å². The lowest BCUT2D eigenvalue weighted by molar-refractivity contribution is 0.693. The first-order chi connectivity index (χ1) is 6.90. The van der Waals surface area contributed by atoms with Crippen LogP contribution in [0.2, 0.25) is 0 Å². The number of nitrogens with zero attached hydrogens (tertiary/aromatic N) is 3. The number of aromatic amines is 1. The van der Waals surface area contributed by atoms with Crippen molar-refractivity contribution in [2.75, 3.05) is 0 Å². The van der Waals surface area contributed by atoms with Gasteiger partial charge in [-0.25, -0.2) is 0 Å². The highest BCUT2D eigenvalue weighted by Crippen LogP contribution is 2.03. The predicted molar refractivity (Wildman–Crippen MR) is 51.4 cm³/mol. The van der Waals surface area contributed by atoms with Crippen LogP contribution in [0.1, 0.15) is 11.3 Å². The maximum Gasteiger partial charge on any atom is 0.120 e. The molecular formula is C10H10N4. The minimum absolute atomic E-state index is 0.702. The summed E-state index contributed by atoms with van der Waals surface area (Å²) in [5.74, 6) is 0. The first-order valence-corrected chi connectivity index (χ1v) is 4.43. The molecule has 4 heteroatoms. The molecule has 0 bridgehead atoms. The molecule has 0 aliphatic rings. The Labute approximate surface area is 81.8 Å². The second kappa shape index (κ2) is 3.79. The Bertz CT molecular complexity index is 433. The summed E-state index contributed by atoms with van der Waals surface area (Å²) in [6.07, 6.45) is 6.48. The summed E-state index contributed by atoms with van der Waals surface area (Å²) < 4.78 is 1.94. The summed E-state index contributed by atoms with van der Waals surface area (Å²) in [6.45, 7) is 0.815. The normalized spacial score (nSPS) is 9.93. The summed E-state index contributed by atoms with van der Waals surface area (Å²) >= 11 is 0. The second-order valence-corrected chi connectivity index (χ2v) is 3.06. The van der Waals surface area contributed by atoms with E-state index in [0.29, 0.717) is 5.69 Å². The SMILES string of the molecule is N#Cc1cccn1CCc1cn[nH]c1. The van der Waals surface area contributed by atoms with Gasteiger partial charge in [0.05, 0.1) is 6.20 Å². The molecule has 0 aliphatic carbocycles. The van der Waals surface area contributed by atoms with Gasteiger partial charge in [-0.1, -0.05) is 0 Å². The Kier molecular flexibility index (Phi) is 2.32. The lowest BCUT2D eigenvalue weighted by atomic mass is 10.2. The molecule has 0 fully saturated rings. The van der Waals surface area contributed by atoms with Gasteiger partial charge in [0, 0.05) is 18.9 Å². The van der Waals surface area contributed by atoms with E-state index < -0.39 is 0 Å². The van der Waals surface area contributed by atoms with Gasteiger partial charge in [-0.2, -0.15) is 10.4 Å². The van der Waals surface area contributed by atoms with Crippen molar-refractivity contribution >= 4 is 0 Å². The summed E-state index contributed by atoms with van der Waals surface area (Å²) in [5.41, 5.74) is 1.86. The number of hydrogen-bond donors (Lipinski definition) is 1. The number of nitrogens with one attached hydrogen (secondary N) is 1. The van der Waals surface area contributed by atoms with Crippen molar-refractivity contribution in [1.82, 2.24) is 14.8 Å². The van der Waals surface area contributed by atoms with Gasteiger partial charge < -0.3 is 4.57 Å². The average Bonchev–Trinajstić information content (AvgIpc) is 2.85. The maximum atomic E-state index is 8.78. The van der Waals surface area contributed by atoms with Crippen LogP contribution in [0.15, 0.2) is 30.7 Å². The Hall–Kier alpha value is -2.02. The van der Waals surface area contributed by atoms with Gasteiger partial charge >= 0.3 is 0 Å². The number of H-pyrrole nitrogens is 1. The number of nitriles is 1. The topological polar surface area (TPSA) is 57.4 Å². The fourth-order valence-corrected chi connectivity index (χ4v) is 1.37. The van der Waals surface area contributed by atoms with E-state index in [1.807, 2.05) is 29.1 Å². The summed E-state index contributed by atoms with van der Waals surface area (Å²) in [4.78, 5) is 0. The van der Waals surface area contributed by atoms with Crippen LogP contribution in [0.25, 0.3) is 0 Å². The van der Waals surface area contributed by atoms with Crippen LogP contribution >= 0.6 is 0 Å². The Morgan fingerprint density at radius 2 is 2.50 bits per heavy atom. The van der Waals surface area contributed by atoms with Crippen LogP contribution in [0.4, 0.5) is 0 Å². The zero-order valence-electron chi connectivity index (χ0n) is 7.64. The molecule has 4 nitrogen and oxygen atoms in total. The predicted octanol–water partition coefficient (Wildman–Crippen LogP) is 1.33. The smallest absolute Gasteiger partial charge is 0.120 e. The van der Waals surface area contributed by atoms with Crippen molar-refractivity contribution in [2.24, 2.45) is 0 Å². The molecule has 0 unspecified atom stereocenters. The van der Waals surface area contributed by atoms with Gasteiger partial charge in [0.25, 0.3) is 0 Å². The van der Waals surface area contributed by atoms with Crippen molar-refractivity contribution in [3.05, 3.63) is 42.0 Å². The molecule has 14 heavy (non-hydrogen) atoms. The van der Waals surface area contributed by atoms with Crippen molar-refractivity contribution in [3.63, 3.8) is 0 Å². The van der Waals surface area contributed by atoms with Gasteiger partial charge in [0.2, 0.25) is 0 Å². The van der Waals surface area contributed by atoms with Gasteiger partial charge in [-0.05, 0) is 24.1 Å². The first kappa shape index (κ1) is 8.57. The highest BCUT2D eigenvalue weighted by atomic mass is 15.1. The zero-order chi connectivity index (χ0) is 9.80.